The Bertz CT molecular complexity index is 1090. The molecule has 0 aliphatic heterocycles. The molecule has 0 spiro atoms. The number of benzene rings is 1. The lowest BCUT2D eigenvalue weighted by molar-refractivity contribution is -0.145. The van der Waals surface area contributed by atoms with Crippen LogP contribution in [-0.4, -0.2) is 54.0 Å². The summed E-state index contributed by atoms with van der Waals surface area (Å²) in [6.07, 6.45) is 1.46. The maximum Gasteiger partial charge on any atom is 0.330 e. The average molecular weight is 499 g/mol. The van der Waals surface area contributed by atoms with Gasteiger partial charge in [0.05, 0.1) is 17.4 Å². The molecule has 0 radical (unpaired) electrons. The van der Waals surface area contributed by atoms with Crippen molar-refractivity contribution in [3.63, 3.8) is 0 Å². The van der Waals surface area contributed by atoms with Crippen LogP contribution in [0.3, 0.4) is 0 Å². The number of hydrogen-bond donors (Lipinski definition) is 2. The molecule has 0 unspecified atom stereocenters. The largest absolute Gasteiger partial charge is 0.455 e. The molecular formula is C21H27ClN4O6S. The summed E-state index contributed by atoms with van der Waals surface area (Å²) in [4.78, 5) is 53.7. The maximum absolute atomic E-state index is 12.9. The third-order valence-corrected chi connectivity index (χ3v) is 6.07. The second kappa shape index (κ2) is 13.1. The van der Waals surface area contributed by atoms with Crippen LogP contribution in [0.15, 0.2) is 38.8 Å². The molecule has 0 saturated heterocycles. The SMILES string of the molecule is CCCCn1c(N)c(N(CCOC)C(=O)COC(=O)CSc2ccccc2Cl)c(=O)[nH]c1=O. The van der Waals surface area contributed by atoms with Crippen molar-refractivity contribution in [1.82, 2.24) is 9.55 Å². The summed E-state index contributed by atoms with van der Waals surface area (Å²) in [7, 11) is 1.43. The minimum absolute atomic E-state index is 0.0273. The molecule has 180 valence electrons. The van der Waals surface area contributed by atoms with Crippen LogP contribution >= 0.6 is 23.4 Å². The molecule has 0 atom stereocenters. The van der Waals surface area contributed by atoms with Crippen molar-refractivity contribution in [2.75, 3.05) is 43.3 Å². The van der Waals surface area contributed by atoms with E-state index < -0.39 is 29.7 Å². The number of methoxy groups -OCH3 is 1. The van der Waals surface area contributed by atoms with Crippen LogP contribution in [0.1, 0.15) is 19.8 Å². The Balaban J connectivity index is 2.15. The number of nitrogens with zero attached hydrogens (tertiary/aromatic N) is 2. The number of nitrogen functional groups attached to an aromatic ring is 1. The number of amides is 1. The molecule has 0 aliphatic carbocycles. The highest BCUT2D eigenvalue weighted by molar-refractivity contribution is 8.00. The van der Waals surface area contributed by atoms with Gasteiger partial charge in [0, 0.05) is 25.1 Å². The zero-order valence-corrected chi connectivity index (χ0v) is 20.0. The van der Waals surface area contributed by atoms with Gasteiger partial charge in [-0.2, -0.15) is 0 Å². The number of unbranched alkanes of at least 4 members (excludes halogenated alkanes) is 1. The number of anilines is 2. The minimum atomic E-state index is -0.810. The fraction of sp³-hybridized carbons (Fsp3) is 0.429. The van der Waals surface area contributed by atoms with E-state index in [4.69, 9.17) is 26.8 Å². The molecule has 33 heavy (non-hydrogen) atoms. The zero-order valence-electron chi connectivity index (χ0n) is 18.5. The fourth-order valence-corrected chi connectivity index (χ4v) is 3.92. The fourth-order valence-electron chi connectivity index (χ4n) is 2.88. The Hall–Kier alpha value is -2.76. The number of aromatic nitrogens is 2. The summed E-state index contributed by atoms with van der Waals surface area (Å²) in [5.74, 6) is -1.50. The number of aromatic amines is 1. The number of hydrogen-bond acceptors (Lipinski definition) is 8. The Labute approximate surface area is 200 Å². The highest BCUT2D eigenvalue weighted by Gasteiger charge is 2.25. The number of nitrogens with one attached hydrogen (secondary N) is 1. The predicted molar refractivity (Wildman–Crippen MR) is 128 cm³/mol. The molecule has 0 aliphatic rings. The third kappa shape index (κ3) is 7.37. The van der Waals surface area contributed by atoms with Crippen LogP contribution in [0, 0.1) is 0 Å². The molecule has 12 heteroatoms. The number of H-pyrrole nitrogens is 1. The molecule has 0 bridgehead atoms. The van der Waals surface area contributed by atoms with Crippen LogP contribution in [0.5, 0.6) is 0 Å². The zero-order chi connectivity index (χ0) is 24.4. The average Bonchev–Trinajstić information content (AvgIpc) is 2.78. The van der Waals surface area contributed by atoms with E-state index in [9.17, 15) is 19.2 Å². The Morgan fingerprint density at radius 1 is 1.27 bits per heavy atom. The first-order valence-electron chi connectivity index (χ1n) is 10.2. The molecule has 10 nitrogen and oxygen atoms in total. The van der Waals surface area contributed by atoms with Gasteiger partial charge in [-0.1, -0.05) is 37.1 Å². The van der Waals surface area contributed by atoms with E-state index in [1.807, 2.05) is 6.92 Å². The van der Waals surface area contributed by atoms with Gasteiger partial charge in [0.25, 0.3) is 11.5 Å². The number of rotatable bonds is 12. The van der Waals surface area contributed by atoms with E-state index in [1.54, 1.807) is 24.3 Å². The highest BCUT2D eigenvalue weighted by atomic mass is 35.5. The van der Waals surface area contributed by atoms with E-state index in [0.29, 0.717) is 16.3 Å². The molecule has 1 aromatic carbocycles. The van der Waals surface area contributed by atoms with Gasteiger partial charge in [0.15, 0.2) is 12.3 Å². The van der Waals surface area contributed by atoms with E-state index in [1.165, 1.54) is 23.4 Å². The molecule has 3 N–H and O–H groups in total. The molecule has 0 saturated carbocycles. The molecule has 2 aromatic rings. The van der Waals surface area contributed by atoms with Gasteiger partial charge in [-0.25, -0.2) is 4.79 Å². The number of halogens is 1. The Morgan fingerprint density at radius 3 is 2.67 bits per heavy atom. The van der Waals surface area contributed by atoms with Gasteiger partial charge in [-0.05, 0) is 18.6 Å². The monoisotopic (exact) mass is 498 g/mol. The molecule has 1 aromatic heterocycles. The first kappa shape index (κ1) is 26.5. The summed E-state index contributed by atoms with van der Waals surface area (Å²) >= 11 is 7.24. The first-order chi connectivity index (χ1) is 15.8. The van der Waals surface area contributed by atoms with E-state index >= 15 is 0 Å². The minimum Gasteiger partial charge on any atom is -0.455 e. The molecule has 2 rings (SSSR count). The maximum atomic E-state index is 12.9. The predicted octanol–water partition coefficient (Wildman–Crippen LogP) is 1.89. The lowest BCUT2D eigenvalue weighted by atomic mass is 10.3. The summed E-state index contributed by atoms with van der Waals surface area (Å²) in [6.45, 7) is 1.68. The van der Waals surface area contributed by atoms with Crippen molar-refractivity contribution >= 4 is 46.7 Å². The standard InChI is InChI=1S/C21H27ClN4O6S/c1-3-4-9-26-19(23)18(20(29)24-21(26)30)25(10-11-31-2)16(27)12-32-17(28)13-33-15-8-6-5-7-14(15)22/h5-8H,3-4,9-13,23H2,1-2H3,(H,24,29,30). The third-order valence-electron chi connectivity index (χ3n) is 4.58. The summed E-state index contributed by atoms with van der Waals surface area (Å²) in [5.41, 5.74) is 4.45. The van der Waals surface area contributed by atoms with Crippen molar-refractivity contribution in [3.05, 3.63) is 50.1 Å². The Kier molecular flexibility index (Phi) is 10.5. The second-order valence-corrected chi connectivity index (χ2v) is 8.34. The molecule has 0 fully saturated rings. The van der Waals surface area contributed by atoms with Crippen molar-refractivity contribution in [3.8, 4) is 0 Å². The number of esters is 1. The highest BCUT2D eigenvalue weighted by Crippen LogP contribution is 2.26. The van der Waals surface area contributed by atoms with Crippen molar-refractivity contribution < 1.29 is 19.1 Å². The van der Waals surface area contributed by atoms with Crippen molar-refractivity contribution in [2.24, 2.45) is 0 Å². The topological polar surface area (TPSA) is 137 Å². The summed E-state index contributed by atoms with van der Waals surface area (Å²) < 4.78 is 11.3. The number of ether oxygens (including phenoxy) is 2. The van der Waals surface area contributed by atoms with E-state index in [0.717, 1.165) is 11.3 Å². The first-order valence-corrected chi connectivity index (χ1v) is 11.6. The lowest BCUT2D eigenvalue weighted by Crippen LogP contribution is -2.44. The van der Waals surface area contributed by atoms with Gasteiger partial charge in [0.2, 0.25) is 0 Å². The van der Waals surface area contributed by atoms with Crippen LogP contribution in [0.2, 0.25) is 5.02 Å². The second-order valence-electron chi connectivity index (χ2n) is 6.92. The molecule has 1 heterocycles. The number of carbonyl (C=O) groups is 2. The smallest absolute Gasteiger partial charge is 0.330 e. The van der Waals surface area contributed by atoms with Crippen LogP contribution in [0.25, 0.3) is 0 Å². The van der Waals surface area contributed by atoms with E-state index in [-0.39, 0.29) is 37.0 Å². The Morgan fingerprint density at radius 2 is 2.00 bits per heavy atom. The van der Waals surface area contributed by atoms with Crippen LogP contribution in [-0.2, 0) is 25.6 Å². The molecular weight excluding hydrogens is 472 g/mol. The van der Waals surface area contributed by atoms with Gasteiger partial charge >= 0.3 is 11.7 Å². The van der Waals surface area contributed by atoms with Gasteiger partial charge in [-0.3, -0.25) is 28.8 Å². The van der Waals surface area contributed by atoms with Crippen LogP contribution in [0.4, 0.5) is 11.5 Å². The molecule has 1 amide bonds. The van der Waals surface area contributed by atoms with Gasteiger partial charge in [0.1, 0.15) is 5.82 Å². The number of carbonyl (C=O) groups excluding carboxylic acids is 2. The van der Waals surface area contributed by atoms with E-state index in [2.05, 4.69) is 4.98 Å². The van der Waals surface area contributed by atoms with Gasteiger partial charge in [-0.15, -0.1) is 11.8 Å². The summed E-state index contributed by atoms with van der Waals surface area (Å²) in [5, 5.41) is 0.505. The van der Waals surface area contributed by atoms with Crippen LogP contribution < -0.4 is 21.9 Å². The van der Waals surface area contributed by atoms with Crippen molar-refractivity contribution in [1.29, 1.82) is 0 Å². The van der Waals surface area contributed by atoms with Gasteiger partial charge < -0.3 is 15.2 Å². The normalized spacial score (nSPS) is 10.8. The van der Waals surface area contributed by atoms with Crippen molar-refractivity contribution in [2.45, 2.75) is 31.2 Å². The quantitative estimate of drug-likeness (QED) is 0.334. The number of nitrogens with two attached hydrogens (primary N) is 1. The number of thioether (sulfide) groups is 1. The summed E-state index contributed by atoms with van der Waals surface area (Å²) in [6, 6.07) is 7.03. The lowest BCUT2D eigenvalue weighted by Gasteiger charge is -2.24.